The van der Waals surface area contributed by atoms with Gasteiger partial charge in [-0.3, -0.25) is 0 Å². The normalized spacial score (nSPS) is 13.1. The van der Waals surface area contributed by atoms with E-state index in [9.17, 15) is 0 Å². The second-order valence-corrected chi connectivity index (χ2v) is 12.2. The number of hydrogen-bond donors (Lipinski definition) is 0. The molecule has 0 amide bonds. The van der Waals surface area contributed by atoms with Crippen LogP contribution in [0.3, 0.4) is 0 Å². The third-order valence-electron chi connectivity index (χ3n) is 6.90. The first-order valence-electron chi connectivity index (χ1n) is 11.8. The molecule has 0 spiro atoms. The van der Waals surface area contributed by atoms with Crippen LogP contribution in [0, 0.1) is 0 Å². The van der Waals surface area contributed by atoms with E-state index in [1.165, 1.54) is 38.2 Å². The van der Waals surface area contributed by atoms with Gasteiger partial charge in [0.2, 0.25) is 0 Å². The molecule has 0 nitrogen and oxygen atoms in total. The van der Waals surface area contributed by atoms with Crippen LogP contribution >= 0.6 is 7.26 Å². The summed E-state index contributed by atoms with van der Waals surface area (Å²) in [4.78, 5) is 0. The van der Waals surface area contributed by atoms with E-state index in [0.717, 1.165) is 0 Å². The van der Waals surface area contributed by atoms with Gasteiger partial charge >= 0.3 is 0 Å². The van der Waals surface area contributed by atoms with Gasteiger partial charge in [0.15, 0.2) is 0 Å². The summed E-state index contributed by atoms with van der Waals surface area (Å²) in [7, 11) is -2.16. The van der Waals surface area contributed by atoms with Crippen LogP contribution in [0.25, 0.3) is 12.2 Å². The average Bonchev–Trinajstić information content (AvgIpc) is 3.09. The summed E-state index contributed by atoms with van der Waals surface area (Å²) < 4.78 is 0. The van der Waals surface area contributed by atoms with Gasteiger partial charge in [-0.1, -0.05) is 115 Å². The van der Waals surface area contributed by atoms with E-state index in [4.69, 9.17) is 0 Å². The molecule has 0 saturated heterocycles. The van der Waals surface area contributed by atoms with Crippen molar-refractivity contribution in [3.8, 4) is 0 Å². The highest BCUT2D eigenvalue weighted by atomic mass is 31.2. The van der Waals surface area contributed by atoms with Crippen LogP contribution in [0.1, 0.15) is 27.9 Å². The van der Waals surface area contributed by atoms with Crippen molar-refractivity contribution in [3.05, 3.63) is 162 Å². The maximum absolute atomic E-state index is 2.34. The van der Waals surface area contributed by atoms with E-state index >= 15 is 0 Å². The Kier molecular flexibility index (Phi) is 5.46. The molecule has 0 aliphatic heterocycles. The summed E-state index contributed by atoms with van der Waals surface area (Å²) in [6.45, 7) is 0. The molecule has 0 heterocycles. The fraction of sp³-hybridized carbons (Fsp3) is 0.0303. The molecule has 1 heteroatoms. The van der Waals surface area contributed by atoms with Crippen molar-refractivity contribution in [1.29, 1.82) is 0 Å². The molecule has 0 saturated carbocycles. The van der Waals surface area contributed by atoms with Gasteiger partial charge in [-0.05, 0) is 47.5 Å². The minimum absolute atomic E-state index is 0.196. The van der Waals surface area contributed by atoms with E-state index in [1.807, 2.05) is 0 Å². The molecule has 0 unspecified atom stereocenters. The van der Waals surface area contributed by atoms with Crippen LogP contribution in [0.4, 0.5) is 0 Å². The lowest BCUT2D eigenvalue weighted by atomic mass is 9.99. The quantitative estimate of drug-likeness (QED) is 0.251. The van der Waals surface area contributed by atoms with E-state index in [1.54, 1.807) is 0 Å². The number of fused-ring (bicyclic) bond motifs is 2. The monoisotopic (exact) mass is 453 g/mol. The molecule has 34 heavy (non-hydrogen) atoms. The fourth-order valence-corrected chi connectivity index (χ4v) is 10.5. The van der Waals surface area contributed by atoms with E-state index in [0.29, 0.717) is 0 Å². The average molecular weight is 454 g/mol. The second-order valence-electron chi connectivity index (χ2n) is 8.72. The largest absolute Gasteiger partial charge is 0.135 e. The zero-order valence-corrected chi connectivity index (χ0v) is 19.9. The van der Waals surface area contributed by atoms with Gasteiger partial charge < -0.3 is 0 Å². The molecule has 5 aromatic rings. The zero-order chi connectivity index (χ0) is 22.8. The lowest BCUT2D eigenvalue weighted by Gasteiger charge is -2.36. The van der Waals surface area contributed by atoms with E-state index in [-0.39, 0.29) is 5.66 Å². The van der Waals surface area contributed by atoms with Gasteiger partial charge in [-0.25, -0.2) is 0 Å². The zero-order valence-electron chi connectivity index (χ0n) is 19.0. The molecule has 0 N–H and O–H groups in total. The first-order chi connectivity index (χ1) is 16.9. The van der Waals surface area contributed by atoms with E-state index in [2.05, 4.69) is 152 Å². The molecule has 0 radical (unpaired) electrons. The Bertz CT molecular complexity index is 1290. The van der Waals surface area contributed by atoms with Gasteiger partial charge in [-0.2, -0.15) is 0 Å². The van der Waals surface area contributed by atoms with Gasteiger partial charge in [0, 0.05) is 11.1 Å². The molecule has 1 aliphatic rings. The minimum Gasteiger partial charge on any atom is -0.0620 e. The molecular formula is C33H26P+. The second kappa shape index (κ2) is 8.90. The summed E-state index contributed by atoms with van der Waals surface area (Å²) in [6, 6.07) is 51.6. The molecule has 0 fully saturated rings. The molecule has 162 valence electrons. The maximum atomic E-state index is 2.34. The lowest BCUT2D eigenvalue weighted by Crippen LogP contribution is -2.36. The highest BCUT2D eigenvalue weighted by molar-refractivity contribution is 7.96. The molecule has 6 rings (SSSR count). The van der Waals surface area contributed by atoms with Crippen LogP contribution in [0.5, 0.6) is 0 Å². The van der Waals surface area contributed by atoms with Crippen LogP contribution in [-0.4, -0.2) is 0 Å². The fourth-order valence-electron chi connectivity index (χ4n) is 5.47. The van der Waals surface area contributed by atoms with Crippen molar-refractivity contribution >= 4 is 35.3 Å². The predicted octanol–water partition coefficient (Wildman–Crippen LogP) is 7.25. The Hall–Kier alpha value is -3.73. The Labute approximate surface area is 202 Å². The first kappa shape index (κ1) is 20.8. The van der Waals surface area contributed by atoms with Gasteiger partial charge in [0.05, 0.1) is 0 Å². The number of hydrogen-bond acceptors (Lipinski definition) is 0. The highest BCUT2D eigenvalue weighted by Gasteiger charge is 2.54. The Morgan fingerprint density at radius 3 is 1.06 bits per heavy atom. The third kappa shape index (κ3) is 3.35. The van der Waals surface area contributed by atoms with Gasteiger partial charge in [0.1, 0.15) is 28.8 Å². The lowest BCUT2D eigenvalue weighted by molar-refractivity contribution is 1.13. The summed E-state index contributed by atoms with van der Waals surface area (Å²) in [6.07, 6.45) is 4.59. The Morgan fingerprint density at radius 1 is 0.353 bits per heavy atom. The van der Waals surface area contributed by atoms with Crippen molar-refractivity contribution in [2.45, 2.75) is 5.66 Å². The Morgan fingerprint density at radius 2 is 0.676 bits per heavy atom. The van der Waals surface area contributed by atoms with E-state index < -0.39 is 7.26 Å². The molecule has 1 aliphatic carbocycles. The molecule has 0 aromatic heterocycles. The SMILES string of the molecule is C1=Cc2ccccc2C([P+](c2ccccc2)(c2ccccc2)c2ccccc2)c2ccccc21. The highest BCUT2D eigenvalue weighted by Crippen LogP contribution is 2.70. The molecular weight excluding hydrogens is 427 g/mol. The third-order valence-corrected chi connectivity index (χ3v) is 11.6. The summed E-state index contributed by atoms with van der Waals surface area (Å²) >= 11 is 0. The number of benzene rings is 5. The van der Waals surface area contributed by atoms with Crippen LogP contribution in [0.2, 0.25) is 0 Å². The standard InChI is InChI=1S/C33H26P/c1-4-16-28(17-5-1)34(29-18-6-2-7-19-29,30-20-8-3-9-21-30)33-31-22-12-10-14-26(31)24-25-27-15-11-13-23-32(27)33/h1-25,33H/q+1. The van der Waals surface area contributed by atoms with Gasteiger partial charge in [-0.15, -0.1) is 0 Å². The van der Waals surface area contributed by atoms with Crippen LogP contribution < -0.4 is 15.9 Å². The summed E-state index contributed by atoms with van der Waals surface area (Å²) in [5.74, 6) is 0. The first-order valence-corrected chi connectivity index (χ1v) is 13.7. The summed E-state index contributed by atoms with van der Waals surface area (Å²) in [5, 5.41) is 4.22. The van der Waals surface area contributed by atoms with Crippen LogP contribution in [0.15, 0.2) is 140 Å². The molecule has 0 bridgehead atoms. The molecule has 0 atom stereocenters. The summed E-state index contributed by atoms with van der Waals surface area (Å²) in [5.41, 5.74) is 5.59. The maximum Gasteiger partial charge on any atom is 0.135 e. The smallest absolute Gasteiger partial charge is 0.0620 e. The van der Waals surface area contributed by atoms with Crippen molar-refractivity contribution in [1.82, 2.24) is 0 Å². The molecule has 5 aromatic carbocycles. The van der Waals surface area contributed by atoms with Gasteiger partial charge in [0.25, 0.3) is 0 Å². The van der Waals surface area contributed by atoms with Crippen molar-refractivity contribution in [2.24, 2.45) is 0 Å². The Balaban J connectivity index is 1.81. The van der Waals surface area contributed by atoms with Crippen molar-refractivity contribution < 1.29 is 0 Å². The predicted molar refractivity (Wildman–Crippen MR) is 149 cm³/mol. The van der Waals surface area contributed by atoms with Crippen molar-refractivity contribution in [3.63, 3.8) is 0 Å². The minimum atomic E-state index is -2.16. The topological polar surface area (TPSA) is 0 Å². The van der Waals surface area contributed by atoms with Crippen molar-refractivity contribution in [2.75, 3.05) is 0 Å². The number of rotatable bonds is 4. The van der Waals surface area contributed by atoms with Crippen LogP contribution in [-0.2, 0) is 0 Å².